The molecule has 1 unspecified atom stereocenters. The van der Waals surface area contributed by atoms with Crippen molar-refractivity contribution in [1.29, 1.82) is 5.26 Å². The number of hydrogen-bond donors (Lipinski definition) is 0. The van der Waals surface area contributed by atoms with Crippen LogP contribution in [0.4, 0.5) is 26.3 Å². The number of nitrogens with zero attached hydrogens (tertiary/aromatic N) is 3. The SMILES string of the molecule is CC(=O)c1c([S+]([O-])C(F)(F)F)c(C#N)nn1-c1c(C)cc(C(F)(F)F)cc1Cl. The molecule has 0 N–H and O–H groups in total. The second kappa shape index (κ2) is 7.31. The molecular weight excluding hydrogens is 436 g/mol. The molecule has 1 heterocycles. The van der Waals surface area contributed by atoms with Crippen molar-refractivity contribution in [2.45, 2.75) is 30.4 Å². The maximum absolute atomic E-state index is 12.9. The Balaban J connectivity index is 2.87. The summed E-state index contributed by atoms with van der Waals surface area (Å²) in [5, 5.41) is 12.0. The number of halogens is 7. The lowest BCUT2D eigenvalue weighted by Crippen LogP contribution is -2.25. The molecule has 0 aliphatic heterocycles. The molecule has 2 aromatic rings. The molecule has 0 radical (unpaired) electrons. The highest BCUT2D eigenvalue weighted by Crippen LogP contribution is 2.39. The number of rotatable bonds is 3. The van der Waals surface area contributed by atoms with Crippen LogP contribution in [0.1, 0.15) is 34.2 Å². The molecule has 13 heteroatoms. The predicted octanol–water partition coefficient (Wildman–Crippen LogP) is 4.55. The van der Waals surface area contributed by atoms with Crippen LogP contribution in [-0.2, 0) is 17.4 Å². The minimum Gasteiger partial charge on any atom is -0.604 e. The van der Waals surface area contributed by atoms with E-state index in [0.717, 1.165) is 13.8 Å². The van der Waals surface area contributed by atoms with Gasteiger partial charge in [0.2, 0.25) is 10.6 Å². The summed E-state index contributed by atoms with van der Waals surface area (Å²) in [4.78, 5) is 10.8. The lowest BCUT2D eigenvalue weighted by molar-refractivity contribution is -0.137. The van der Waals surface area contributed by atoms with Crippen molar-refractivity contribution in [1.82, 2.24) is 9.78 Å². The summed E-state index contributed by atoms with van der Waals surface area (Å²) >= 11 is 2.09. The van der Waals surface area contributed by atoms with Crippen molar-refractivity contribution in [3.63, 3.8) is 0 Å². The van der Waals surface area contributed by atoms with Crippen LogP contribution in [0.15, 0.2) is 17.0 Å². The van der Waals surface area contributed by atoms with E-state index in [0.29, 0.717) is 16.8 Å². The standard InChI is InChI=1S/C15H8ClF6N3O2S/c1-6-3-8(14(17,18)19)4-9(16)11(6)25-12(7(2)26)13(10(5-23)24-25)28(27)15(20,21)22/h3-4H,1-2H3. The molecule has 28 heavy (non-hydrogen) atoms. The Morgan fingerprint density at radius 1 is 1.29 bits per heavy atom. The molecule has 5 nitrogen and oxygen atoms in total. The Morgan fingerprint density at radius 2 is 1.86 bits per heavy atom. The predicted molar refractivity (Wildman–Crippen MR) is 85.5 cm³/mol. The van der Waals surface area contributed by atoms with E-state index in [1.165, 1.54) is 6.07 Å². The van der Waals surface area contributed by atoms with Gasteiger partial charge in [0, 0.05) is 6.92 Å². The highest BCUT2D eigenvalue weighted by Gasteiger charge is 2.51. The molecule has 150 valence electrons. The van der Waals surface area contributed by atoms with Crippen molar-refractivity contribution in [2.24, 2.45) is 0 Å². The van der Waals surface area contributed by atoms with Crippen LogP contribution in [0, 0.1) is 18.3 Å². The fraction of sp³-hybridized carbons (Fsp3) is 0.267. The topological polar surface area (TPSA) is 81.7 Å². The Morgan fingerprint density at radius 3 is 2.25 bits per heavy atom. The summed E-state index contributed by atoms with van der Waals surface area (Å²) in [6, 6.07) is 2.46. The molecule has 0 bridgehead atoms. The van der Waals surface area contributed by atoms with E-state index < -0.39 is 55.5 Å². The van der Waals surface area contributed by atoms with E-state index in [2.05, 4.69) is 5.10 Å². The molecule has 0 aliphatic carbocycles. The third-order valence-electron chi connectivity index (χ3n) is 3.47. The first-order chi connectivity index (χ1) is 12.7. The summed E-state index contributed by atoms with van der Waals surface area (Å²) in [6.07, 6.45) is -4.75. The highest BCUT2D eigenvalue weighted by molar-refractivity contribution is 7.92. The average molecular weight is 444 g/mol. The minimum atomic E-state index is -5.30. The summed E-state index contributed by atoms with van der Waals surface area (Å²) in [7, 11) is 0. The van der Waals surface area contributed by atoms with Crippen LogP contribution in [0.2, 0.25) is 5.02 Å². The second-order valence-electron chi connectivity index (χ2n) is 5.44. The number of ketones is 1. The molecule has 1 atom stereocenters. The number of hydrogen-bond acceptors (Lipinski definition) is 4. The summed E-state index contributed by atoms with van der Waals surface area (Å²) in [6.45, 7) is 1.99. The number of Topliss-reactive ketones (excluding diaryl/α,β-unsaturated/α-hetero) is 1. The molecule has 0 saturated heterocycles. The van der Waals surface area contributed by atoms with Gasteiger partial charge in [-0.2, -0.15) is 23.5 Å². The van der Waals surface area contributed by atoms with Crippen molar-refractivity contribution in [3.05, 3.63) is 39.7 Å². The van der Waals surface area contributed by atoms with Gasteiger partial charge in [0.25, 0.3) is 0 Å². The van der Waals surface area contributed by atoms with Crippen molar-refractivity contribution >= 4 is 28.6 Å². The minimum absolute atomic E-state index is 0.182. The number of aromatic nitrogens is 2. The van der Waals surface area contributed by atoms with Crippen LogP contribution >= 0.6 is 11.6 Å². The lowest BCUT2D eigenvalue weighted by atomic mass is 10.1. The average Bonchev–Trinajstić information content (AvgIpc) is 2.90. The first kappa shape index (κ1) is 22.1. The Hall–Kier alpha value is -2.23. The van der Waals surface area contributed by atoms with Gasteiger partial charge in [0.05, 0.1) is 16.3 Å². The Labute approximate surface area is 161 Å². The lowest BCUT2D eigenvalue weighted by Gasteiger charge is -2.15. The molecule has 2 rings (SSSR count). The molecule has 0 amide bonds. The van der Waals surface area contributed by atoms with Crippen LogP contribution in [0.25, 0.3) is 5.69 Å². The molecule has 0 saturated carbocycles. The van der Waals surface area contributed by atoms with E-state index in [9.17, 15) is 35.7 Å². The normalized spacial score (nSPS) is 13.3. The van der Waals surface area contributed by atoms with Crippen molar-refractivity contribution < 1.29 is 35.7 Å². The van der Waals surface area contributed by atoms with Crippen molar-refractivity contribution in [3.8, 4) is 11.8 Å². The Kier molecular flexibility index (Phi) is 5.76. The number of aryl methyl sites for hydroxylation is 1. The van der Waals surface area contributed by atoms with E-state index in [4.69, 9.17) is 16.9 Å². The zero-order valence-corrected chi connectivity index (χ0v) is 15.4. The fourth-order valence-corrected chi connectivity index (χ4v) is 3.65. The number of alkyl halides is 6. The third kappa shape index (κ3) is 3.96. The summed E-state index contributed by atoms with van der Waals surface area (Å²) in [5.41, 5.74) is -8.79. The van der Waals surface area contributed by atoms with E-state index in [1.54, 1.807) is 0 Å². The molecule has 0 fully saturated rings. The van der Waals surface area contributed by atoms with Gasteiger partial charge in [-0.05, 0) is 24.6 Å². The largest absolute Gasteiger partial charge is 0.604 e. The van der Waals surface area contributed by atoms with Gasteiger partial charge in [-0.25, -0.2) is 4.68 Å². The van der Waals surface area contributed by atoms with E-state index in [-0.39, 0.29) is 11.3 Å². The van der Waals surface area contributed by atoms with Gasteiger partial charge in [0.15, 0.2) is 11.5 Å². The Bertz CT molecular complexity index is 970. The maximum atomic E-state index is 12.9. The number of carbonyl (C=O) groups is 1. The molecular formula is C15H8ClF6N3O2S. The van der Waals surface area contributed by atoms with Crippen LogP contribution in [0.5, 0.6) is 0 Å². The molecule has 0 spiro atoms. The van der Waals surface area contributed by atoms with E-state index in [1.807, 2.05) is 0 Å². The number of benzene rings is 1. The van der Waals surface area contributed by atoms with E-state index >= 15 is 0 Å². The molecule has 1 aromatic heterocycles. The van der Waals surface area contributed by atoms with Crippen LogP contribution in [-0.4, -0.2) is 25.6 Å². The van der Waals surface area contributed by atoms with Crippen molar-refractivity contribution in [2.75, 3.05) is 0 Å². The zero-order valence-electron chi connectivity index (χ0n) is 13.9. The van der Waals surface area contributed by atoms with Crippen LogP contribution in [0.3, 0.4) is 0 Å². The first-order valence-corrected chi connectivity index (χ1v) is 8.63. The maximum Gasteiger partial charge on any atom is 0.578 e. The van der Waals surface area contributed by atoms with Gasteiger partial charge < -0.3 is 4.55 Å². The zero-order chi connectivity index (χ0) is 21.6. The highest BCUT2D eigenvalue weighted by atomic mass is 35.5. The van der Waals surface area contributed by atoms with Gasteiger partial charge in [-0.1, -0.05) is 11.6 Å². The fourth-order valence-electron chi connectivity index (χ4n) is 2.41. The third-order valence-corrected chi connectivity index (χ3v) is 4.94. The monoisotopic (exact) mass is 443 g/mol. The number of carbonyl (C=O) groups excluding carboxylic acids is 1. The molecule has 0 aliphatic rings. The van der Waals surface area contributed by atoms with Gasteiger partial charge >= 0.3 is 11.7 Å². The van der Waals surface area contributed by atoms with Gasteiger partial charge in [-0.15, -0.1) is 13.2 Å². The second-order valence-corrected chi connectivity index (χ2v) is 7.26. The smallest absolute Gasteiger partial charge is 0.578 e. The van der Waals surface area contributed by atoms with Crippen LogP contribution < -0.4 is 0 Å². The quantitative estimate of drug-likeness (QED) is 0.396. The first-order valence-electron chi connectivity index (χ1n) is 7.10. The van der Waals surface area contributed by atoms with Gasteiger partial charge in [0.1, 0.15) is 17.2 Å². The number of nitriles is 1. The molecule has 1 aromatic carbocycles. The van der Waals surface area contributed by atoms with Gasteiger partial charge in [-0.3, -0.25) is 4.79 Å². The summed E-state index contributed by atoms with van der Waals surface area (Å²) < 4.78 is 89.9. The summed E-state index contributed by atoms with van der Waals surface area (Å²) in [5.74, 6) is -1.04.